The first-order chi connectivity index (χ1) is 8.42. The van der Waals surface area contributed by atoms with Gasteiger partial charge in [0.15, 0.2) is 17.4 Å². The molecule has 1 N–H and O–H groups in total. The fraction of sp³-hybridized carbons (Fsp3) is 0.500. The van der Waals surface area contributed by atoms with E-state index in [0.29, 0.717) is 18.8 Å². The fourth-order valence-corrected chi connectivity index (χ4v) is 2.37. The Labute approximate surface area is 105 Å². The maximum absolute atomic E-state index is 13.1. The molecule has 0 saturated heterocycles. The lowest BCUT2D eigenvalue weighted by molar-refractivity contribution is 0.00423. The van der Waals surface area contributed by atoms with Gasteiger partial charge in [0.05, 0.1) is 0 Å². The minimum absolute atomic E-state index is 0.0333. The highest BCUT2D eigenvalue weighted by atomic mass is 19.2. The SMILES string of the molecule is CC1CCC(O)(C(=O)c2ccc(F)c(F)c2)CC1. The molecule has 1 aliphatic carbocycles. The number of ketones is 1. The van der Waals surface area contributed by atoms with Gasteiger partial charge in [0.1, 0.15) is 5.60 Å². The van der Waals surface area contributed by atoms with E-state index in [2.05, 4.69) is 6.92 Å². The van der Waals surface area contributed by atoms with Crippen molar-refractivity contribution in [3.05, 3.63) is 35.4 Å². The third-order valence-corrected chi connectivity index (χ3v) is 3.71. The smallest absolute Gasteiger partial charge is 0.194 e. The highest BCUT2D eigenvalue weighted by Gasteiger charge is 2.39. The van der Waals surface area contributed by atoms with Crippen molar-refractivity contribution >= 4 is 5.78 Å². The zero-order valence-electron chi connectivity index (χ0n) is 10.2. The summed E-state index contributed by atoms with van der Waals surface area (Å²) in [5.74, 6) is -2.07. The lowest BCUT2D eigenvalue weighted by atomic mass is 9.76. The van der Waals surface area contributed by atoms with Crippen LogP contribution in [0.4, 0.5) is 8.78 Å². The standard InChI is InChI=1S/C14H16F2O2/c1-9-4-6-14(18,7-5-9)13(17)10-2-3-11(15)12(16)8-10/h2-3,8-9,18H,4-7H2,1H3. The van der Waals surface area contributed by atoms with E-state index in [-0.39, 0.29) is 5.56 Å². The predicted molar refractivity (Wildman–Crippen MR) is 63.3 cm³/mol. The molecule has 2 rings (SSSR count). The molecule has 0 aliphatic heterocycles. The highest BCUT2D eigenvalue weighted by Crippen LogP contribution is 2.34. The zero-order chi connectivity index (χ0) is 13.3. The Hall–Kier alpha value is -1.29. The fourth-order valence-electron chi connectivity index (χ4n) is 2.37. The van der Waals surface area contributed by atoms with E-state index in [0.717, 1.165) is 25.0 Å². The van der Waals surface area contributed by atoms with Crippen molar-refractivity contribution < 1.29 is 18.7 Å². The third kappa shape index (κ3) is 2.43. The molecule has 2 nitrogen and oxygen atoms in total. The number of aliphatic hydroxyl groups is 1. The Morgan fingerprint density at radius 2 is 1.89 bits per heavy atom. The van der Waals surface area contributed by atoms with Crippen molar-refractivity contribution in [3.8, 4) is 0 Å². The van der Waals surface area contributed by atoms with Crippen molar-refractivity contribution in [3.63, 3.8) is 0 Å². The molecule has 98 valence electrons. The summed E-state index contributed by atoms with van der Waals surface area (Å²) in [6, 6.07) is 2.99. The Morgan fingerprint density at radius 3 is 2.44 bits per heavy atom. The van der Waals surface area contributed by atoms with E-state index in [1.165, 1.54) is 6.07 Å². The molecule has 1 aromatic rings. The molecular formula is C14H16F2O2. The first-order valence-corrected chi connectivity index (χ1v) is 6.14. The third-order valence-electron chi connectivity index (χ3n) is 3.71. The number of carbonyl (C=O) groups is 1. The molecule has 0 aromatic heterocycles. The Balaban J connectivity index is 2.22. The number of Topliss-reactive ketones (excluding diaryl/α,β-unsaturated/α-hetero) is 1. The van der Waals surface area contributed by atoms with Gasteiger partial charge in [-0.05, 0) is 49.8 Å². The number of hydrogen-bond donors (Lipinski definition) is 1. The van der Waals surface area contributed by atoms with Gasteiger partial charge in [-0.1, -0.05) is 6.92 Å². The summed E-state index contributed by atoms with van der Waals surface area (Å²) in [5.41, 5.74) is -1.39. The van der Waals surface area contributed by atoms with Gasteiger partial charge in [-0.3, -0.25) is 4.79 Å². The van der Waals surface area contributed by atoms with E-state index in [1.54, 1.807) is 0 Å². The normalized spacial score (nSPS) is 28.1. The Morgan fingerprint density at radius 1 is 1.28 bits per heavy atom. The van der Waals surface area contributed by atoms with Gasteiger partial charge >= 0.3 is 0 Å². The number of hydrogen-bond acceptors (Lipinski definition) is 2. The second-order valence-electron chi connectivity index (χ2n) is 5.17. The topological polar surface area (TPSA) is 37.3 Å². The molecule has 1 aliphatic rings. The second kappa shape index (κ2) is 4.76. The zero-order valence-corrected chi connectivity index (χ0v) is 10.2. The van der Waals surface area contributed by atoms with Crippen LogP contribution < -0.4 is 0 Å². The van der Waals surface area contributed by atoms with E-state index in [1.807, 2.05) is 0 Å². The molecule has 0 amide bonds. The molecule has 1 saturated carbocycles. The summed E-state index contributed by atoms with van der Waals surface area (Å²) < 4.78 is 25.9. The summed E-state index contributed by atoms with van der Waals surface area (Å²) in [6.45, 7) is 2.07. The van der Waals surface area contributed by atoms with Crippen molar-refractivity contribution in [2.24, 2.45) is 5.92 Å². The minimum atomic E-state index is -1.42. The van der Waals surface area contributed by atoms with E-state index in [9.17, 15) is 18.7 Å². The van der Waals surface area contributed by atoms with Crippen LogP contribution in [-0.4, -0.2) is 16.5 Å². The predicted octanol–water partition coefficient (Wildman–Crippen LogP) is 3.09. The Bertz CT molecular complexity index is 463. The quantitative estimate of drug-likeness (QED) is 0.823. The van der Waals surface area contributed by atoms with Crippen LogP contribution in [0.1, 0.15) is 43.0 Å². The van der Waals surface area contributed by atoms with Crippen LogP contribution in [0, 0.1) is 17.6 Å². The van der Waals surface area contributed by atoms with Gasteiger partial charge in [-0.15, -0.1) is 0 Å². The lowest BCUT2D eigenvalue weighted by Gasteiger charge is -2.33. The molecule has 0 unspecified atom stereocenters. The molecule has 0 bridgehead atoms. The molecule has 1 aromatic carbocycles. The lowest BCUT2D eigenvalue weighted by Crippen LogP contribution is -2.41. The van der Waals surface area contributed by atoms with Gasteiger partial charge in [-0.2, -0.15) is 0 Å². The number of halogens is 2. The molecule has 0 heterocycles. The molecule has 4 heteroatoms. The van der Waals surface area contributed by atoms with Crippen LogP contribution in [0.3, 0.4) is 0 Å². The van der Waals surface area contributed by atoms with Gasteiger partial charge in [-0.25, -0.2) is 8.78 Å². The van der Waals surface area contributed by atoms with Crippen molar-refractivity contribution in [1.29, 1.82) is 0 Å². The summed E-state index contributed by atoms with van der Waals surface area (Å²) in [4.78, 5) is 12.2. The van der Waals surface area contributed by atoms with E-state index in [4.69, 9.17) is 0 Å². The van der Waals surface area contributed by atoms with Crippen LogP contribution in [-0.2, 0) is 0 Å². The van der Waals surface area contributed by atoms with Crippen LogP contribution in [0.25, 0.3) is 0 Å². The maximum atomic E-state index is 13.1. The summed E-state index contributed by atoms with van der Waals surface area (Å²) in [5, 5.41) is 10.3. The van der Waals surface area contributed by atoms with Gasteiger partial charge in [0, 0.05) is 5.56 Å². The van der Waals surface area contributed by atoms with Crippen LogP contribution in [0.5, 0.6) is 0 Å². The molecular weight excluding hydrogens is 238 g/mol. The monoisotopic (exact) mass is 254 g/mol. The molecule has 18 heavy (non-hydrogen) atoms. The number of rotatable bonds is 2. The minimum Gasteiger partial charge on any atom is -0.382 e. The van der Waals surface area contributed by atoms with Crippen molar-refractivity contribution in [2.45, 2.75) is 38.2 Å². The molecule has 0 atom stereocenters. The molecule has 0 spiro atoms. The first kappa shape index (κ1) is 13.1. The summed E-state index contributed by atoms with van der Waals surface area (Å²) >= 11 is 0. The Kier molecular flexibility index (Phi) is 3.48. The van der Waals surface area contributed by atoms with Crippen molar-refractivity contribution in [1.82, 2.24) is 0 Å². The van der Waals surface area contributed by atoms with Gasteiger partial charge < -0.3 is 5.11 Å². The number of carbonyl (C=O) groups excluding carboxylic acids is 1. The average molecular weight is 254 g/mol. The summed E-state index contributed by atoms with van der Waals surface area (Å²) in [6.07, 6.45) is 2.30. The van der Waals surface area contributed by atoms with Crippen LogP contribution in [0.2, 0.25) is 0 Å². The first-order valence-electron chi connectivity index (χ1n) is 6.14. The second-order valence-corrected chi connectivity index (χ2v) is 5.17. The molecule has 0 radical (unpaired) electrons. The van der Waals surface area contributed by atoms with Gasteiger partial charge in [0.25, 0.3) is 0 Å². The van der Waals surface area contributed by atoms with Crippen molar-refractivity contribution in [2.75, 3.05) is 0 Å². The summed E-state index contributed by atoms with van der Waals surface area (Å²) in [7, 11) is 0. The molecule has 1 fully saturated rings. The van der Waals surface area contributed by atoms with E-state index < -0.39 is 23.0 Å². The van der Waals surface area contributed by atoms with Crippen LogP contribution >= 0.6 is 0 Å². The van der Waals surface area contributed by atoms with Gasteiger partial charge in [0.2, 0.25) is 0 Å². The van der Waals surface area contributed by atoms with Crippen LogP contribution in [0.15, 0.2) is 18.2 Å². The number of benzene rings is 1. The average Bonchev–Trinajstić information content (AvgIpc) is 2.36. The van der Waals surface area contributed by atoms with E-state index >= 15 is 0 Å². The maximum Gasteiger partial charge on any atom is 0.194 e. The largest absolute Gasteiger partial charge is 0.382 e. The highest BCUT2D eigenvalue weighted by molar-refractivity contribution is 6.02.